The molecule has 14 aromatic rings. The minimum atomic E-state index is -4.63. The predicted octanol–water partition coefficient (Wildman–Crippen LogP) is 27.7. The molecule has 4 heteroatoms. The maximum absolute atomic E-state index is 15.6. The first-order valence-corrected chi connectivity index (χ1v) is 34.6. The number of para-hydroxylation sites is 1. The molecule has 1 nitrogen and oxygen atoms in total. The zero-order valence-electron chi connectivity index (χ0n) is 58.8. The Morgan fingerprint density at radius 1 is 0.202 bits per heavy atom. The fraction of sp³-hybridized carbons (Fsp3) is 0.179. The van der Waals surface area contributed by atoms with Crippen LogP contribution in [0.15, 0.2) is 291 Å². The highest BCUT2D eigenvalue weighted by atomic mass is 19.4. The van der Waals surface area contributed by atoms with Crippen LogP contribution < -0.4 is 0 Å². The van der Waals surface area contributed by atoms with Crippen molar-refractivity contribution < 1.29 is 13.2 Å². The van der Waals surface area contributed by atoms with Gasteiger partial charge in [-0.2, -0.15) is 13.2 Å². The van der Waals surface area contributed by atoms with Gasteiger partial charge in [0.25, 0.3) is 0 Å². The van der Waals surface area contributed by atoms with Crippen LogP contribution in [0.3, 0.4) is 0 Å². The van der Waals surface area contributed by atoms with E-state index in [1.54, 1.807) is 12.1 Å². The van der Waals surface area contributed by atoms with E-state index in [9.17, 15) is 0 Å². The zero-order chi connectivity index (χ0) is 69.3. The van der Waals surface area contributed by atoms with Gasteiger partial charge in [0.2, 0.25) is 0 Å². The normalized spacial score (nSPS) is 12.4. The van der Waals surface area contributed by atoms with Crippen LogP contribution >= 0.6 is 0 Å². The maximum atomic E-state index is 15.6. The summed E-state index contributed by atoms with van der Waals surface area (Å²) in [6.45, 7) is 27.3. The number of benzene rings is 13. The molecule has 0 radical (unpaired) electrons. The third-order valence-corrected chi connectivity index (χ3v) is 19.8. The summed E-state index contributed by atoms with van der Waals surface area (Å²) < 4.78 is 48.6. The number of aromatic nitrogens is 1. The van der Waals surface area contributed by atoms with Gasteiger partial charge < -0.3 is 4.57 Å². The molecule has 0 fully saturated rings. The molecule has 0 bridgehead atoms. The van der Waals surface area contributed by atoms with Gasteiger partial charge in [-0.15, -0.1) is 0 Å². The van der Waals surface area contributed by atoms with Gasteiger partial charge in [0.1, 0.15) is 0 Å². The molecule has 490 valence electrons. The number of halogens is 3. The van der Waals surface area contributed by atoms with Gasteiger partial charge in [-0.3, -0.25) is 0 Å². The Morgan fingerprint density at radius 2 is 0.424 bits per heavy atom. The molecule has 0 atom stereocenters. The second kappa shape index (κ2) is 25.4. The highest BCUT2D eigenvalue weighted by Gasteiger charge is 2.35. The SMILES string of the molecule is CC(C)(C)c1ccccc1-c1ccccc1-c1cc(-c2ccc3c(c2)c2cc(-c4cc(-c5ccccc5-c5ccccc5C(C)(C)C)cc(-c5ccccc5-c5ccccc5C(C)(C)C)c4)ccc2n3-c2ccccc2C(F)(F)F)cc(-c2ccccc2-c2ccccc2C(C)(C)C)c1. The minimum Gasteiger partial charge on any atom is -0.309 e. The Balaban J connectivity index is 1.04. The first kappa shape index (κ1) is 65.7. The second-order valence-electron chi connectivity index (χ2n) is 30.8. The van der Waals surface area contributed by atoms with Crippen molar-refractivity contribution >= 4 is 21.8 Å². The lowest BCUT2D eigenvalue weighted by Crippen LogP contribution is -2.12. The van der Waals surface area contributed by atoms with Crippen LogP contribution in [0.25, 0.3) is 139 Å². The van der Waals surface area contributed by atoms with Gasteiger partial charge in [0, 0.05) is 10.8 Å². The molecule has 0 aliphatic carbocycles. The van der Waals surface area contributed by atoms with Gasteiger partial charge in [-0.25, -0.2) is 0 Å². The van der Waals surface area contributed by atoms with Crippen molar-refractivity contribution in [1.29, 1.82) is 0 Å². The zero-order valence-corrected chi connectivity index (χ0v) is 58.8. The van der Waals surface area contributed by atoms with E-state index in [1.165, 1.54) is 56.6 Å². The Morgan fingerprint density at radius 3 is 0.687 bits per heavy atom. The van der Waals surface area contributed by atoms with E-state index in [2.05, 4.69) is 338 Å². The molecule has 0 unspecified atom stereocenters. The van der Waals surface area contributed by atoms with Gasteiger partial charge in [0.05, 0.1) is 22.3 Å². The molecule has 14 rings (SSSR count). The van der Waals surface area contributed by atoms with Crippen molar-refractivity contribution in [2.75, 3.05) is 0 Å². The molecule has 0 aliphatic heterocycles. The van der Waals surface area contributed by atoms with E-state index < -0.39 is 11.7 Å². The molecule has 13 aromatic carbocycles. The Hall–Kier alpha value is -10.6. The summed E-state index contributed by atoms with van der Waals surface area (Å²) >= 11 is 0. The predicted molar refractivity (Wildman–Crippen MR) is 415 cm³/mol. The van der Waals surface area contributed by atoms with Gasteiger partial charge in [-0.1, -0.05) is 301 Å². The quantitative estimate of drug-likeness (QED) is 0.122. The molecular weight excluding hydrogens is 1210 g/mol. The third kappa shape index (κ3) is 12.7. The largest absolute Gasteiger partial charge is 0.418 e. The lowest BCUT2D eigenvalue weighted by Gasteiger charge is -2.25. The number of hydrogen-bond donors (Lipinski definition) is 0. The van der Waals surface area contributed by atoms with Crippen LogP contribution in [0.5, 0.6) is 0 Å². The molecule has 0 saturated carbocycles. The molecule has 0 spiro atoms. The molecule has 0 aliphatic rings. The van der Waals surface area contributed by atoms with Gasteiger partial charge >= 0.3 is 6.18 Å². The van der Waals surface area contributed by atoms with Crippen LogP contribution in [0, 0.1) is 0 Å². The topological polar surface area (TPSA) is 4.93 Å². The first-order valence-electron chi connectivity index (χ1n) is 34.6. The Bertz CT molecular complexity index is 4860. The van der Waals surface area contributed by atoms with E-state index in [-0.39, 0.29) is 27.3 Å². The highest BCUT2D eigenvalue weighted by molar-refractivity contribution is 6.12. The van der Waals surface area contributed by atoms with E-state index >= 15 is 13.2 Å². The Kier molecular flexibility index (Phi) is 16.9. The first-order chi connectivity index (χ1) is 47.3. The summed E-state index contributed by atoms with van der Waals surface area (Å²) in [5.74, 6) is 0. The third-order valence-electron chi connectivity index (χ3n) is 19.8. The molecule has 1 aromatic heterocycles. The van der Waals surface area contributed by atoms with Crippen LogP contribution in [-0.2, 0) is 27.8 Å². The summed E-state index contributed by atoms with van der Waals surface area (Å²) in [5, 5.41) is 1.66. The van der Waals surface area contributed by atoms with Gasteiger partial charge in [-0.05, 0) is 228 Å². The second-order valence-corrected chi connectivity index (χ2v) is 30.8. The molecular formula is C95H84F3N. The lowest BCUT2D eigenvalue weighted by molar-refractivity contribution is -0.137. The fourth-order valence-electron chi connectivity index (χ4n) is 15.1. The van der Waals surface area contributed by atoms with Crippen LogP contribution in [0.1, 0.15) is 111 Å². The molecule has 0 N–H and O–H groups in total. The molecule has 0 saturated heterocycles. The van der Waals surface area contributed by atoms with Crippen LogP contribution in [-0.4, -0.2) is 4.57 Å². The fourth-order valence-corrected chi connectivity index (χ4v) is 15.1. The van der Waals surface area contributed by atoms with Crippen molar-refractivity contribution in [1.82, 2.24) is 4.57 Å². The smallest absolute Gasteiger partial charge is 0.309 e. The molecule has 1 heterocycles. The lowest BCUT2D eigenvalue weighted by atomic mass is 9.79. The van der Waals surface area contributed by atoms with E-state index in [0.29, 0.717) is 11.0 Å². The highest BCUT2D eigenvalue weighted by Crippen LogP contribution is 2.49. The number of rotatable bonds is 11. The number of nitrogens with zero attached hydrogens (tertiary/aromatic N) is 1. The van der Waals surface area contributed by atoms with Crippen LogP contribution in [0.2, 0.25) is 0 Å². The Labute approximate surface area is 583 Å². The number of fused-ring (bicyclic) bond motifs is 3. The van der Waals surface area contributed by atoms with E-state index in [1.807, 2.05) is 16.7 Å². The average Bonchev–Trinajstić information content (AvgIpc) is 1.60. The van der Waals surface area contributed by atoms with Crippen molar-refractivity contribution in [3.8, 4) is 117 Å². The summed E-state index contributed by atoms with van der Waals surface area (Å²) in [4.78, 5) is 0. The average molecular weight is 1300 g/mol. The molecule has 0 amide bonds. The van der Waals surface area contributed by atoms with Crippen LogP contribution in [0.4, 0.5) is 13.2 Å². The maximum Gasteiger partial charge on any atom is 0.418 e. The number of hydrogen-bond acceptors (Lipinski definition) is 0. The van der Waals surface area contributed by atoms with Crippen molar-refractivity contribution in [2.24, 2.45) is 0 Å². The molecule has 99 heavy (non-hydrogen) atoms. The minimum absolute atomic E-state index is 0.0673. The van der Waals surface area contributed by atoms with Crippen molar-refractivity contribution in [3.05, 3.63) is 319 Å². The standard InChI is InChI=1S/C95H84F3N/c1-91(2,3)83-43-25-21-39-77(83)73-35-17-13-31-69(73)65-53-63(54-66(57-65)70-32-14-18-36-74(70)78-40-22-26-44-84(78)92(4,5)6)61-49-51-88-81(59-61)82-60-62(50-52-89(82)99(88)90-48-30-29-47-87(90)95(96,97)98)64-55-67(71-33-15-19-37-75(71)79-41-23-27-45-85(79)93(7,8)9)58-68(56-64)72-34-16-20-38-76(72)80-42-24-28-46-86(80)94(10,11)12/h13-60H,1-12H3. The van der Waals surface area contributed by atoms with E-state index in [0.717, 1.165) is 99.8 Å². The summed E-state index contributed by atoms with van der Waals surface area (Å²) in [5.41, 5.74) is 26.8. The number of alkyl halides is 3. The monoisotopic (exact) mass is 1300 g/mol. The van der Waals surface area contributed by atoms with Crippen molar-refractivity contribution in [2.45, 2.75) is 111 Å². The summed E-state index contributed by atoms with van der Waals surface area (Å²) in [7, 11) is 0. The van der Waals surface area contributed by atoms with E-state index in [4.69, 9.17) is 0 Å². The van der Waals surface area contributed by atoms with Crippen molar-refractivity contribution in [3.63, 3.8) is 0 Å². The summed E-state index contributed by atoms with van der Waals surface area (Å²) in [6, 6.07) is 103. The summed E-state index contributed by atoms with van der Waals surface area (Å²) in [6.07, 6.45) is -4.63. The van der Waals surface area contributed by atoms with Gasteiger partial charge in [0.15, 0.2) is 0 Å².